The zero-order valence-electron chi connectivity index (χ0n) is 11.0. The number of nitro groups is 1. The van der Waals surface area contributed by atoms with E-state index >= 15 is 0 Å². The number of carbonyl (C=O) groups excluding carboxylic acids is 1. The maximum atomic E-state index is 12.1. The highest BCUT2D eigenvalue weighted by Crippen LogP contribution is 2.21. The fourth-order valence-corrected chi connectivity index (χ4v) is 1.77. The van der Waals surface area contributed by atoms with Gasteiger partial charge < -0.3 is 10.7 Å². The van der Waals surface area contributed by atoms with Gasteiger partial charge in [-0.25, -0.2) is 0 Å². The Morgan fingerprint density at radius 2 is 2.21 bits per heavy atom. The normalized spacial score (nSPS) is 11.7. The molecule has 1 aromatic rings. The average molecular weight is 266 g/mol. The lowest BCUT2D eigenvalue weighted by Crippen LogP contribution is -2.33. The molecule has 0 aliphatic heterocycles. The van der Waals surface area contributed by atoms with Gasteiger partial charge in [0, 0.05) is 18.2 Å². The standard InChI is InChI=1S/C12H18N4O3/c1-3-4-8(2)14-12(17)10-7-9(16(18)19)5-6-11(10)15-13/h5-8,15H,3-4,13H2,1-2H3,(H,14,17). The number of nitrogens with zero attached hydrogens (tertiary/aromatic N) is 1. The van der Waals surface area contributed by atoms with E-state index in [2.05, 4.69) is 10.7 Å². The molecule has 0 aromatic heterocycles. The molecule has 0 bridgehead atoms. The van der Waals surface area contributed by atoms with Crippen LogP contribution in [0.2, 0.25) is 0 Å². The van der Waals surface area contributed by atoms with Gasteiger partial charge in [0.25, 0.3) is 11.6 Å². The lowest BCUT2D eigenvalue weighted by Gasteiger charge is -2.14. The first-order chi connectivity index (χ1) is 8.99. The fourth-order valence-electron chi connectivity index (χ4n) is 1.77. The minimum absolute atomic E-state index is 0.00221. The summed E-state index contributed by atoms with van der Waals surface area (Å²) < 4.78 is 0. The van der Waals surface area contributed by atoms with Crippen LogP contribution >= 0.6 is 0 Å². The van der Waals surface area contributed by atoms with Gasteiger partial charge in [0.2, 0.25) is 0 Å². The quantitative estimate of drug-likeness (QED) is 0.413. The lowest BCUT2D eigenvalue weighted by atomic mass is 10.1. The van der Waals surface area contributed by atoms with Crippen molar-refractivity contribution in [3.05, 3.63) is 33.9 Å². The second kappa shape index (κ2) is 6.69. The number of carbonyl (C=O) groups is 1. The number of nitrogens with two attached hydrogens (primary N) is 1. The monoisotopic (exact) mass is 266 g/mol. The minimum Gasteiger partial charge on any atom is -0.350 e. The summed E-state index contributed by atoms with van der Waals surface area (Å²) in [6.07, 6.45) is 1.78. The largest absolute Gasteiger partial charge is 0.350 e. The zero-order chi connectivity index (χ0) is 14.4. The van der Waals surface area contributed by atoms with E-state index in [0.29, 0.717) is 5.69 Å². The van der Waals surface area contributed by atoms with E-state index in [4.69, 9.17) is 5.84 Å². The SMILES string of the molecule is CCCC(C)NC(=O)c1cc([N+](=O)[O-])ccc1NN. The van der Waals surface area contributed by atoms with Crippen molar-refractivity contribution in [2.75, 3.05) is 5.43 Å². The zero-order valence-corrected chi connectivity index (χ0v) is 11.0. The van der Waals surface area contributed by atoms with Crippen LogP contribution in [-0.4, -0.2) is 16.9 Å². The number of non-ortho nitro benzene ring substituents is 1. The van der Waals surface area contributed by atoms with Crippen molar-refractivity contribution >= 4 is 17.3 Å². The molecule has 0 heterocycles. The average Bonchev–Trinajstić information content (AvgIpc) is 2.37. The van der Waals surface area contributed by atoms with Crippen LogP contribution in [0, 0.1) is 10.1 Å². The molecule has 0 aliphatic rings. The molecule has 1 amide bonds. The highest BCUT2D eigenvalue weighted by Gasteiger charge is 2.17. The second-order valence-corrected chi connectivity index (χ2v) is 4.29. The number of nitrogens with one attached hydrogen (secondary N) is 2. The predicted octanol–water partition coefficient (Wildman–Crippen LogP) is 1.80. The van der Waals surface area contributed by atoms with Crippen LogP contribution in [0.25, 0.3) is 0 Å². The molecule has 1 aromatic carbocycles. The summed E-state index contributed by atoms with van der Waals surface area (Å²) in [5.41, 5.74) is 2.74. The Morgan fingerprint density at radius 3 is 2.74 bits per heavy atom. The van der Waals surface area contributed by atoms with Crippen molar-refractivity contribution < 1.29 is 9.72 Å². The van der Waals surface area contributed by atoms with E-state index < -0.39 is 4.92 Å². The number of benzene rings is 1. The molecule has 0 spiro atoms. The minimum atomic E-state index is -0.549. The number of rotatable bonds is 6. The van der Waals surface area contributed by atoms with Crippen molar-refractivity contribution in [1.82, 2.24) is 5.32 Å². The molecule has 104 valence electrons. The van der Waals surface area contributed by atoms with Crippen molar-refractivity contribution in [3.8, 4) is 0 Å². The van der Waals surface area contributed by atoms with Crippen LogP contribution in [0.5, 0.6) is 0 Å². The van der Waals surface area contributed by atoms with Crippen LogP contribution in [0.1, 0.15) is 37.0 Å². The topological polar surface area (TPSA) is 110 Å². The first kappa shape index (κ1) is 14.9. The summed E-state index contributed by atoms with van der Waals surface area (Å²) in [5.74, 6) is 4.93. The molecule has 1 unspecified atom stereocenters. The molecule has 0 saturated carbocycles. The molecule has 0 radical (unpaired) electrons. The van der Waals surface area contributed by atoms with Crippen LogP contribution in [0.3, 0.4) is 0 Å². The smallest absolute Gasteiger partial charge is 0.270 e. The van der Waals surface area contributed by atoms with E-state index in [0.717, 1.165) is 12.8 Å². The van der Waals surface area contributed by atoms with Gasteiger partial charge in [-0.15, -0.1) is 0 Å². The van der Waals surface area contributed by atoms with Crippen molar-refractivity contribution in [2.45, 2.75) is 32.7 Å². The molecule has 1 atom stereocenters. The third-order valence-corrected chi connectivity index (χ3v) is 2.71. The van der Waals surface area contributed by atoms with Gasteiger partial charge in [-0.3, -0.25) is 20.8 Å². The third kappa shape index (κ3) is 3.92. The fraction of sp³-hybridized carbons (Fsp3) is 0.417. The van der Waals surface area contributed by atoms with Crippen molar-refractivity contribution in [1.29, 1.82) is 0 Å². The second-order valence-electron chi connectivity index (χ2n) is 4.29. The number of nitrogen functional groups attached to an aromatic ring is 1. The highest BCUT2D eigenvalue weighted by molar-refractivity contribution is 6.00. The number of anilines is 1. The Bertz CT molecular complexity index is 476. The van der Waals surface area contributed by atoms with Gasteiger partial charge in [-0.05, 0) is 19.4 Å². The molecule has 19 heavy (non-hydrogen) atoms. The van der Waals surface area contributed by atoms with Crippen LogP contribution < -0.4 is 16.6 Å². The van der Waals surface area contributed by atoms with Gasteiger partial charge >= 0.3 is 0 Å². The Labute approximate surface area is 111 Å². The van der Waals surface area contributed by atoms with Gasteiger partial charge in [0.1, 0.15) is 0 Å². The van der Waals surface area contributed by atoms with Gasteiger partial charge in [0.15, 0.2) is 0 Å². The molecule has 0 fully saturated rings. The van der Waals surface area contributed by atoms with E-state index in [1.54, 1.807) is 0 Å². The Balaban J connectivity index is 2.99. The number of nitro benzene ring substituents is 1. The molecule has 0 saturated heterocycles. The first-order valence-electron chi connectivity index (χ1n) is 6.05. The van der Waals surface area contributed by atoms with E-state index in [1.807, 2.05) is 13.8 Å². The van der Waals surface area contributed by atoms with Crippen molar-refractivity contribution in [2.24, 2.45) is 5.84 Å². The lowest BCUT2D eigenvalue weighted by molar-refractivity contribution is -0.384. The molecular weight excluding hydrogens is 248 g/mol. The van der Waals surface area contributed by atoms with Gasteiger partial charge in [-0.1, -0.05) is 13.3 Å². The van der Waals surface area contributed by atoms with Gasteiger partial charge in [-0.2, -0.15) is 0 Å². The van der Waals surface area contributed by atoms with E-state index in [1.165, 1.54) is 18.2 Å². The van der Waals surface area contributed by atoms with Crippen LogP contribution in [-0.2, 0) is 0 Å². The summed E-state index contributed by atoms with van der Waals surface area (Å²) in [5, 5.41) is 13.5. The summed E-state index contributed by atoms with van der Waals surface area (Å²) in [6.45, 7) is 3.90. The van der Waals surface area contributed by atoms with Crippen molar-refractivity contribution in [3.63, 3.8) is 0 Å². The molecule has 1 rings (SSSR count). The van der Waals surface area contributed by atoms with Gasteiger partial charge in [0.05, 0.1) is 16.2 Å². The first-order valence-corrected chi connectivity index (χ1v) is 6.05. The van der Waals surface area contributed by atoms with Crippen LogP contribution in [0.15, 0.2) is 18.2 Å². The molecule has 4 N–H and O–H groups in total. The number of amides is 1. The highest BCUT2D eigenvalue weighted by atomic mass is 16.6. The van der Waals surface area contributed by atoms with Crippen LogP contribution in [0.4, 0.5) is 11.4 Å². The number of hydrogen-bond acceptors (Lipinski definition) is 5. The summed E-state index contributed by atoms with van der Waals surface area (Å²) in [7, 11) is 0. The number of hydrogen-bond donors (Lipinski definition) is 3. The summed E-state index contributed by atoms with van der Waals surface area (Å²) in [4.78, 5) is 22.2. The Hall–Kier alpha value is -2.15. The molecule has 0 aliphatic carbocycles. The summed E-state index contributed by atoms with van der Waals surface area (Å²) >= 11 is 0. The Morgan fingerprint density at radius 1 is 1.53 bits per heavy atom. The molecule has 7 nitrogen and oxygen atoms in total. The maximum absolute atomic E-state index is 12.1. The number of hydrazine groups is 1. The third-order valence-electron chi connectivity index (χ3n) is 2.71. The summed E-state index contributed by atoms with van der Waals surface area (Å²) in [6, 6.07) is 3.92. The predicted molar refractivity (Wildman–Crippen MR) is 72.7 cm³/mol. The van der Waals surface area contributed by atoms with E-state index in [9.17, 15) is 14.9 Å². The molecule has 7 heteroatoms. The van der Waals surface area contributed by atoms with E-state index in [-0.39, 0.29) is 23.2 Å². The molecular formula is C12H18N4O3. The maximum Gasteiger partial charge on any atom is 0.270 e. The Kier molecular flexibility index (Phi) is 5.25.